The van der Waals surface area contributed by atoms with E-state index >= 15 is 0 Å². The lowest BCUT2D eigenvalue weighted by Gasteiger charge is -2.21. The van der Waals surface area contributed by atoms with Crippen molar-refractivity contribution in [3.8, 4) is 0 Å². The molecule has 1 saturated heterocycles. The molecule has 1 rings (SSSR count). The summed E-state index contributed by atoms with van der Waals surface area (Å²) in [6, 6.07) is 0. The molecule has 0 bridgehead atoms. The Bertz CT molecular complexity index is 145. The third kappa shape index (κ3) is 2.48. The average molecular weight is 160 g/mol. The fourth-order valence-corrected chi connectivity index (χ4v) is 0.693. The molecule has 1 fully saturated rings. The summed E-state index contributed by atoms with van der Waals surface area (Å²) in [4.78, 5) is 15.2. The highest BCUT2D eigenvalue weighted by Gasteiger charge is 2.37. The summed E-state index contributed by atoms with van der Waals surface area (Å²) in [5.74, 6) is -0.262. The van der Waals surface area contributed by atoms with E-state index < -0.39 is 5.66 Å². The van der Waals surface area contributed by atoms with E-state index in [1.807, 2.05) is 13.8 Å². The highest BCUT2D eigenvalue weighted by molar-refractivity contribution is 5.72. The second kappa shape index (κ2) is 3.69. The predicted molar refractivity (Wildman–Crippen MR) is 42.4 cm³/mol. The van der Waals surface area contributed by atoms with E-state index in [0.29, 0.717) is 0 Å². The van der Waals surface area contributed by atoms with Gasteiger partial charge in [0.1, 0.15) is 5.66 Å². The molecule has 0 amide bonds. The summed E-state index contributed by atoms with van der Waals surface area (Å²) in [6.07, 6.45) is 0.267. The first-order valence-corrected chi connectivity index (χ1v) is 3.76. The maximum absolute atomic E-state index is 10.5. The quantitative estimate of drug-likeness (QED) is 0.560. The molecule has 0 aromatic carbocycles. The molecular formula is C7H16N2O2. The fourth-order valence-electron chi connectivity index (χ4n) is 0.693. The molecule has 1 unspecified atom stereocenters. The second-order valence-corrected chi connectivity index (χ2v) is 2.49. The van der Waals surface area contributed by atoms with Crippen molar-refractivity contribution >= 4 is 5.97 Å². The average Bonchev–Trinajstić information content (AvgIpc) is 2.10. The van der Waals surface area contributed by atoms with Gasteiger partial charge in [-0.15, -0.1) is 5.06 Å². The zero-order valence-electron chi connectivity index (χ0n) is 7.55. The first kappa shape index (κ1) is 10.4. The van der Waals surface area contributed by atoms with E-state index in [1.54, 1.807) is 14.0 Å². The molecule has 4 heteroatoms. The van der Waals surface area contributed by atoms with E-state index in [0.717, 1.165) is 0 Å². The van der Waals surface area contributed by atoms with Gasteiger partial charge < -0.3 is 10.6 Å². The van der Waals surface area contributed by atoms with E-state index in [-0.39, 0.29) is 12.4 Å². The molecule has 0 aromatic heterocycles. The number of hydrogen-bond donors (Lipinski definition) is 1. The molecular weight excluding hydrogens is 144 g/mol. The van der Waals surface area contributed by atoms with Crippen LogP contribution in [0, 0.1) is 0 Å². The Morgan fingerprint density at radius 3 is 2.18 bits per heavy atom. The van der Waals surface area contributed by atoms with E-state index in [1.165, 1.54) is 5.06 Å². The maximum atomic E-state index is 10.5. The number of rotatable bonds is 0. The molecule has 0 aromatic rings. The second-order valence-electron chi connectivity index (χ2n) is 2.49. The summed E-state index contributed by atoms with van der Waals surface area (Å²) >= 11 is 0. The van der Waals surface area contributed by atoms with Crippen LogP contribution in [-0.2, 0) is 9.63 Å². The van der Waals surface area contributed by atoms with Crippen molar-refractivity contribution in [1.82, 2.24) is 5.06 Å². The van der Waals surface area contributed by atoms with Crippen LogP contribution in [-0.4, -0.2) is 23.7 Å². The number of nitrogens with zero attached hydrogens (tertiary/aromatic N) is 1. The van der Waals surface area contributed by atoms with Gasteiger partial charge in [-0.2, -0.15) is 0 Å². The van der Waals surface area contributed by atoms with Gasteiger partial charge in [-0.3, -0.25) is 4.79 Å². The number of hydroxylamine groups is 2. The number of hydrogen-bond acceptors (Lipinski definition) is 4. The van der Waals surface area contributed by atoms with Gasteiger partial charge in [0, 0.05) is 7.05 Å². The third-order valence-corrected chi connectivity index (χ3v) is 1.46. The standard InChI is InChI=1S/C5H10N2O2.C2H6/c1-5(6)3-4(8)9-7(5)2;1-2/h3,6H2,1-2H3;1-2H3. The fraction of sp³-hybridized carbons (Fsp3) is 0.857. The van der Waals surface area contributed by atoms with Crippen LogP contribution < -0.4 is 5.73 Å². The van der Waals surface area contributed by atoms with Gasteiger partial charge in [-0.25, -0.2) is 0 Å². The summed E-state index contributed by atoms with van der Waals surface area (Å²) in [7, 11) is 1.64. The summed E-state index contributed by atoms with van der Waals surface area (Å²) in [6.45, 7) is 5.75. The Kier molecular flexibility index (Phi) is 3.48. The Balaban J connectivity index is 0.000000461. The normalized spacial score (nSPS) is 30.8. The number of nitrogens with two attached hydrogens (primary N) is 1. The molecule has 11 heavy (non-hydrogen) atoms. The van der Waals surface area contributed by atoms with Crippen LogP contribution in [0.1, 0.15) is 27.2 Å². The molecule has 2 N–H and O–H groups in total. The van der Waals surface area contributed by atoms with E-state index in [4.69, 9.17) is 5.73 Å². The Labute approximate surface area is 67.3 Å². The Morgan fingerprint density at radius 2 is 2.09 bits per heavy atom. The Hall–Kier alpha value is -0.610. The van der Waals surface area contributed by atoms with Crippen molar-refractivity contribution in [3.63, 3.8) is 0 Å². The zero-order valence-corrected chi connectivity index (χ0v) is 7.55. The minimum absolute atomic E-state index is 0.262. The van der Waals surface area contributed by atoms with Crippen LogP contribution in [0.5, 0.6) is 0 Å². The zero-order chi connectivity index (χ0) is 9.07. The lowest BCUT2D eigenvalue weighted by molar-refractivity contribution is -0.175. The van der Waals surface area contributed by atoms with E-state index in [9.17, 15) is 4.79 Å². The molecule has 1 aliphatic rings. The van der Waals surface area contributed by atoms with Gasteiger partial charge >= 0.3 is 5.97 Å². The van der Waals surface area contributed by atoms with Gasteiger partial charge in [-0.05, 0) is 6.92 Å². The van der Waals surface area contributed by atoms with Crippen LogP contribution in [0.2, 0.25) is 0 Å². The van der Waals surface area contributed by atoms with Crippen molar-refractivity contribution in [2.24, 2.45) is 5.73 Å². The van der Waals surface area contributed by atoms with Gasteiger partial charge in [0.15, 0.2) is 0 Å². The highest BCUT2D eigenvalue weighted by atomic mass is 16.7. The van der Waals surface area contributed by atoms with Crippen molar-refractivity contribution in [2.45, 2.75) is 32.9 Å². The molecule has 0 aliphatic carbocycles. The molecule has 0 spiro atoms. The minimum atomic E-state index is -0.614. The number of carbonyl (C=O) groups is 1. The topological polar surface area (TPSA) is 55.6 Å². The monoisotopic (exact) mass is 160 g/mol. The molecule has 1 heterocycles. The van der Waals surface area contributed by atoms with Crippen LogP contribution in [0.4, 0.5) is 0 Å². The molecule has 0 radical (unpaired) electrons. The first-order valence-electron chi connectivity index (χ1n) is 3.76. The first-order chi connectivity index (χ1) is 5.02. The van der Waals surface area contributed by atoms with E-state index in [2.05, 4.69) is 4.84 Å². The number of carbonyl (C=O) groups excluding carboxylic acids is 1. The van der Waals surface area contributed by atoms with Crippen molar-refractivity contribution < 1.29 is 9.63 Å². The third-order valence-electron chi connectivity index (χ3n) is 1.46. The van der Waals surface area contributed by atoms with Crippen molar-refractivity contribution in [1.29, 1.82) is 0 Å². The molecule has 1 aliphatic heterocycles. The lowest BCUT2D eigenvalue weighted by atomic mass is 10.1. The van der Waals surface area contributed by atoms with Crippen molar-refractivity contribution in [2.75, 3.05) is 7.05 Å². The van der Waals surface area contributed by atoms with Gasteiger partial charge in [0.2, 0.25) is 0 Å². The molecule has 4 nitrogen and oxygen atoms in total. The van der Waals surface area contributed by atoms with Gasteiger partial charge in [-0.1, -0.05) is 13.8 Å². The summed E-state index contributed by atoms with van der Waals surface area (Å²) < 4.78 is 0. The molecule has 1 atom stereocenters. The SMILES string of the molecule is CC.CN1OC(=O)CC1(C)N. The highest BCUT2D eigenvalue weighted by Crippen LogP contribution is 2.19. The van der Waals surface area contributed by atoms with Gasteiger partial charge in [0.25, 0.3) is 0 Å². The minimum Gasteiger partial charge on any atom is -0.366 e. The van der Waals surface area contributed by atoms with Crippen LogP contribution in [0.25, 0.3) is 0 Å². The van der Waals surface area contributed by atoms with Gasteiger partial charge in [0.05, 0.1) is 6.42 Å². The Morgan fingerprint density at radius 1 is 1.64 bits per heavy atom. The van der Waals surface area contributed by atoms with Crippen molar-refractivity contribution in [3.05, 3.63) is 0 Å². The molecule has 0 saturated carbocycles. The molecule has 66 valence electrons. The lowest BCUT2D eigenvalue weighted by Crippen LogP contribution is -2.46. The van der Waals surface area contributed by atoms with Crippen LogP contribution >= 0.6 is 0 Å². The van der Waals surface area contributed by atoms with Crippen LogP contribution in [0.3, 0.4) is 0 Å². The smallest absolute Gasteiger partial charge is 0.328 e. The largest absolute Gasteiger partial charge is 0.366 e. The summed E-state index contributed by atoms with van der Waals surface area (Å²) in [5, 5.41) is 1.37. The maximum Gasteiger partial charge on any atom is 0.328 e. The predicted octanol–water partition coefficient (Wildman–Crippen LogP) is 0.481. The summed E-state index contributed by atoms with van der Waals surface area (Å²) in [5.41, 5.74) is 4.98. The van der Waals surface area contributed by atoms with Crippen LogP contribution in [0.15, 0.2) is 0 Å².